The van der Waals surface area contributed by atoms with Gasteiger partial charge in [0.25, 0.3) is 0 Å². The molecule has 0 fully saturated rings. The summed E-state index contributed by atoms with van der Waals surface area (Å²) < 4.78 is 24.8. The van der Waals surface area contributed by atoms with Gasteiger partial charge in [-0.05, 0) is 35.4 Å². The van der Waals surface area contributed by atoms with Crippen LogP contribution in [0.4, 0.5) is 11.4 Å². The first-order valence-corrected chi connectivity index (χ1v) is 10.7. The molecular formula is C20H24N2O6S. The van der Waals surface area contributed by atoms with E-state index >= 15 is 0 Å². The summed E-state index contributed by atoms with van der Waals surface area (Å²) in [6, 6.07) is 12.4. The minimum Gasteiger partial charge on any atom is -0.387 e. The van der Waals surface area contributed by atoms with Gasteiger partial charge in [0.1, 0.15) is 0 Å². The Morgan fingerprint density at radius 1 is 0.759 bits per heavy atom. The summed E-state index contributed by atoms with van der Waals surface area (Å²) >= 11 is 0. The molecule has 2 unspecified atom stereocenters. The molecule has 0 aliphatic heterocycles. The second kappa shape index (κ2) is 9.64. The highest BCUT2D eigenvalue weighted by molar-refractivity contribution is 7.91. The predicted octanol–water partition coefficient (Wildman–Crippen LogP) is 1.79. The Hall–Kier alpha value is -2.75. The van der Waals surface area contributed by atoms with E-state index in [2.05, 4.69) is 10.6 Å². The van der Waals surface area contributed by atoms with Crippen molar-refractivity contribution in [3.63, 3.8) is 0 Å². The van der Waals surface area contributed by atoms with E-state index in [0.29, 0.717) is 22.5 Å². The number of aliphatic hydroxyl groups excluding tert-OH is 2. The lowest BCUT2D eigenvalue weighted by Crippen LogP contribution is -2.21. The zero-order valence-corrected chi connectivity index (χ0v) is 16.9. The van der Waals surface area contributed by atoms with E-state index in [9.17, 15) is 28.2 Å². The quantitative estimate of drug-likeness (QED) is 0.515. The van der Waals surface area contributed by atoms with Crippen LogP contribution < -0.4 is 10.6 Å². The number of nitrogens with one attached hydrogen (secondary N) is 2. The molecule has 0 aliphatic rings. The van der Waals surface area contributed by atoms with E-state index in [1.54, 1.807) is 24.3 Å². The molecule has 0 aromatic heterocycles. The Morgan fingerprint density at radius 2 is 1.07 bits per heavy atom. The average molecular weight is 420 g/mol. The fourth-order valence-corrected chi connectivity index (χ4v) is 4.21. The molecule has 9 heteroatoms. The molecule has 0 spiro atoms. The van der Waals surface area contributed by atoms with Crippen molar-refractivity contribution in [1.29, 1.82) is 0 Å². The molecule has 8 nitrogen and oxygen atoms in total. The highest BCUT2D eigenvalue weighted by atomic mass is 32.2. The number of sulfone groups is 1. The fourth-order valence-electron chi connectivity index (χ4n) is 2.73. The van der Waals surface area contributed by atoms with Crippen molar-refractivity contribution in [2.24, 2.45) is 0 Å². The Kier molecular flexibility index (Phi) is 7.49. The second-order valence-corrected chi connectivity index (χ2v) is 8.87. The molecule has 2 aromatic rings. The number of amides is 2. The molecule has 0 aliphatic carbocycles. The van der Waals surface area contributed by atoms with E-state index in [1.165, 1.54) is 38.1 Å². The smallest absolute Gasteiger partial charge is 0.221 e. The third-order valence-electron chi connectivity index (χ3n) is 4.06. The van der Waals surface area contributed by atoms with Crippen molar-refractivity contribution in [3.05, 3.63) is 59.7 Å². The second-order valence-electron chi connectivity index (χ2n) is 6.71. The summed E-state index contributed by atoms with van der Waals surface area (Å²) in [5.41, 5.74) is 1.84. The van der Waals surface area contributed by atoms with Gasteiger partial charge in [0, 0.05) is 25.2 Å². The summed E-state index contributed by atoms with van der Waals surface area (Å²) in [6.45, 7) is 2.74. The first-order chi connectivity index (χ1) is 13.6. The molecule has 0 bridgehead atoms. The lowest BCUT2D eigenvalue weighted by atomic mass is 10.1. The zero-order chi connectivity index (χ0) is 21.6. The van der Waals surface area contributed by atoms with Crippen molar-refractivity contribution < 1.29 is 28.2 Å². The van der Waals surface area contributed by atoms with E-state index in [1.807, 2.05) is 0 Å². The number of hydrogen-bond donors (Lipinski definition) is 4. The van der Waals surface area contributed by atoms with Gasteiger partial charge >= 0.3 is 0 Å². The summed E-state index contributed by atoms with van der Waals surface area (Å²) in [5.74, 6) is -1.57. The molecule has 0 saturated carbocycles. The average Bonchev–Trinajstić information content (AvgIpc) is 2.61. The van der Waals surface area contributed by atoms with Gasteiger partial charge in [-0.15, -0.1) is 0 Å². The van der Waals surface area contributed by atoms with Crippen LogP contribution in [0.25, 0.3) is 0 Å². The van der Waals surface area contributed by atoms with Gasteiger partial charge in [-0.3, -0.25) is 9.59 Å². The molecule has 0 radical (unpaired) electrons. The number of aliphatic hydroxyl groups is 2. The fraction of sp³-hybridized carbons (Fsp3) is 0.300. The third-order valence-corrected chi connectivity index (χ3v) is 5.70. The summed E-state index contributed by atoms with van der Waals surface area (Å²) in [4.78, 5) is 22.0. The van der Waals surface area contributed by atoms with Crippen LogP contribution in [0.3, 0.4) is 0 Å². The monoisotopic (exact) mass is 420 g/mol. The molecule has 0 saturated heterocycles. The molecule has 2 rings (SSSR count). The van der Waals surface area contributed by atoms with Crippen molar-refractivity contribution in [3.8, 4) is 0 Å². The van der Waals surface area contributed by atoms with Gasteiger partial charge in [-0.2, -0.15) is 0 Å². The minimum atomic E-state index is -3.77. The van der Waals surface area contributed by atoms with Crippen LogP contribution in [0, 0.1) is 0 Å². The third kappa shape index (κ3) is 7.30. The molecule has 0 heterocycles. The van der Waals surface area contributed by atoms with Crippen molar-refractivity contribution >= 4 is 33.0 Å². The number of carbonyl (C=O) groups excluding carboxylic acids is 2. The van der Waals surface area contributed by atoms with Crippen molar-refractivity contribution in [1.82, 2.24) is 0 Å². The van der Waals surface area contributed by atoms with E-state index in [0.717, 1.165) is 0 Å². The first kappa shape index (κ1) is 22.5. The summed E-state index contributed by atoms with van der Waals surface area (Å²) in [7, 11) is -3.77. The van der Waals surface area contributed by atoms with E-state index in [-0.39, 0.29) is 11.8 Å². The van der Waals surface area contributed by atoms with Gasteiger partial charge in [0.15, 0.2) is 9.84 Å². The predicted molar refractivity (Wildman–Crippen MR) is 110 cm³/mol. The number of carbonyl (C=O) groups is 2. The molecule has 2 atom stereocenters. The minimum absolute atomic E-state index is 0.236. The maximum atomic E-state index is 12.4. The van der Waals surface area contributed by atoms with Crippen LogP contribution in [-0.4, -0.2) is 42.0 Å². The number of anilines is 2. The number of rotatable bonds is 8. The van der Waals surface area contributed by atoms with E-state index in [4.69, 9.17) is 0 Å². The molecule has 2 amide bonds. The van der Waals surface area contributed by atoms with Crippen LogP contribution in [0.2, 0.25) is 0 Å². The highest BCUT2D eigenvalue weighted by Gasteiger charge is 2.23. The van der Waals surface area contributed by atoms with Crippen molar-refractivity contribution in [2.75, 3.05) is 22.1 Å². The topological polar surface area (TPSA) is 133 Å². The standard InChI is InChI=1S/C20H24N2O6S/c1-13(23)21-17-7-3-15(4-8-17)19(25)11-29(27,28)12-20(26)16-5-9-18(10-6-16)22-14(2)24/h3-10,19-20,25-26H,11-12H2,1-2H3,(H,21,23)(H,22,24). The van der Waals surface area contributed by atoms with Crippen LogP contribution in [-0.2, 0) is 19.4 Å². The maximum absolute atomic E-state index is 12.4. The maximum Gasteiger partial charge on any atom is 0.221 e. The SMILES string of the molecule is CC(=O)Nc1ccc(C(O)CS(=O)(=O)CC(O)c2ccc(NC(C)=O)cc2)cc1. The highest BCUT2D eigenvalue weighted by Crippen LogP contribution is 2.22. The lowest BCUT2D eigenvalue weighted by Gasteiger charge is -2.15. The Morgan fingerprint density at radius 3 is 1.34 bits per heavy atom. The normalized spacial score (nSPS) is 13.4. The van der Waals surface area contributed by atoms with E-state index < -0.39 is 33.6 Å². The zero-order valence-electron chi connectivity index (χ0n) is 16.1. The molecule has 4 N–H and O–H groups in total. The molecule has 29 heavy (non-hydrogen) atoms. The van der Waals surface area contributed by atoms with Gasteiger partial charge in [-0.25, -0.2) is 8.42 Å². The molecular weight excluding hydrogens is 396 g/mol. The van der Waals surface area contributed by atoms with Crippen LogP contribution in [0.5, 0.6) is 0 Å². The molecule has 156 valence electrons. The van der Waals surface area contributed by atoms with Gasteiger partial charge < -0.3 is 20.8 Å². The Bertz CT molecular complexity index is 882. The number of benzene rings is 2. The van der Waals surface area contributed by atoms with Gasteiger partial charge in [0.05, 0.1) is 23.7 Å². The number of hydrogen-bond acceptors (Lipinski definition) is 6. The van der Waals surface area contributed by atoms with Crippen LogP contribution in [0.1, 0.15) is 37.2 Å². The Labute approximate surface area is 169 Å². The van der Waals surface area contributed by atoms with Gasteiger partial charge in [0.2, 0.25) is 11.8 Å². The molecule has 2 aromatic carbocycles. The van der Waals surface area contributed by atoms with Crippen LogP contribution >= 0.6 is 0 Å². The van der Waals surface area contributed by atoms with Crippen molar-refractivity contribution in [2.45, 2.75) is 26.1 Å². The summed E-state index contributed by atoms with van der Waals surface area (Å²) in [5, 5.41) is 25.7. The lowest BCUT2D eigenvalue weighted by molar-refractivity contribution is -0.115. The summed E-state index contributed by atoms with van der Waals surface area (Å²) in [6.07, 6.45) is -2.53. The largest absolute Gasteiger partial charge is 0.387 e. The first-order valence-electron chi connectivity index (χ1n) is 8.87. The van der Waals surface area contributed by atoms with Crippen LogP contribution in [0.15, 0.2) is 48.5 Å². The Balaban J connectivity index is 1.99. The van der Waals surface area contributed by atoms with Gasteiger partial charge in [-0.1, -0.05) is 24.3 Å².